The maximum absolute atomic E-state index is 11.1. The summed E-state index contributed by atoms with van der Waals surface area (Å²) in [5.41, 5.74) is 1.68. The van der Waals surface area contributed by atoms with Gasteiger partial charge in [0.1, 0.15) is 0 Å². The second-order valence-electron chi connectivity index (χ2n) is 4.64. The summed E-state index contributed by atoms with van der Waals surface area (Å²) in [5, 5.41) is 17.9. The number of nitrogens with zero attached hydrogens (tertiary/aromatic N) is 3. The van der Waals surface area contributed by atoms with E-state index in [4.69, 9.17) is 10.4 Å². The van der Waals surface area contributed by atoms with E-state index in [1.165, 1.54) is 4.90 Å². The Labute approximate surface area is 112 Å². The van der Waals surface area contributed by atoms with E-state index in [1.54, 1.807) is 12.1 Å². The highest BCUT2D eigenvalue weighted by molar-refractivity contribution is 5.66. The minimum absolute atomic E-state index is 0.0295. The van der Waals surface area contributed by atoms with E-state index in [9.17, 15) is 4.79 Å². The molecule has 19 heavy (non-hydrogen) atoms. The average molecular weight is 259 g/mol. The van der Waals surface area contributed by atoms with E-state index in [0.29, 0.717) is 25.2 Å². The third-order valence-electron chi connectivity index (χ3n) is 3.56. The molecule has 1 aliphatic heterocycles. The van der Waals surface area contributed by atoms with Gasteiger partial charge in [-0.1, -0.05) is 6.92 Å². The molecule has 1 heterocycles. The molecule has 1 N–H and O–H groups in total. The lowest BCUT2D eigenvalue weighted by Gasteiger charge is -2.40. The number of carbonyl (C=O) groups is 1. The zero-order chi connectivity index (χ0) is 13.8. The maximum Gasteiger partial charge on any atom is 0.407 e. The van der Waals surface area contributed by atoms with Gasteiger partial charge in [0.15, 0.2) is 0 Å². The number of rotatable bonds is 2. The van der Waals surface area contributed by atoms with Gasteiger partial charge in [-0.25, -0.2) is 4.79 Å². The zero-order valence-corrected chi connectivity index (χ0v) is 10.9. The predicted molar refractivity (Wildman–Crippen MR) is 72.2 cm³/mol. The number of benzene rings is 1. The van der Waals surface area contributed by atoms with E-state index in [0.717, 1.165) is 12.1 Å². The Hall–Kier alpha value is -2.22. The van der Waals surface area contributed by atoms with Gasteiger partial charge < -0.3 is 14.9 Å². The van der Waals surface area contributed by atoms with E-state index < -0.39 is 6.09 Å². The summed E-state index contributed by atoms with van der Waals surface area (Å²) in [5.74, 6) is 0. The quantitative estimate of drug-likeness (QED) is 0.883. The summed E-state index contributed by atoms with van der Waals surface area (Å²) in [6, 6.07) is 9.54. The number of piperazine rings is 1. The number of anilines is 1. The van der Waals surface area contributed by atoms with Crippen LogP contribution in [0.4, 0.5) is 10.5 Å². The Balaban J connectivity index is 2.11. The Bertz CT molecular complexity index is 492. The van der Waals surface area contributed by atoms with Crippen LogP contribution in [0.15, 0.2) is 24.3 Å². The first-order chi connectivity index (χ1) is 9.15. The van der Waals surface area contributed by atoms with Crippen molar-refractivity contribution < 1.29 is 9.90 Å². The molecule has 0 saturated carbocycles. The third-order valence-corrected chi connectivity index (χ3v) is 3.56. The van der Waals surface area contributed by atoms with Gasteiger partial charge in [-0.3, -0.25) is 0 Å². The number of nitriles is 1. The van der Waals surface area contributed by atoms with Crippen molar-refractivity contribution in [2.24, 2.45) is 0 Å². The largest absolute Gasteiger partial charge is 0.465 e. The topological polar surface area (TPSA) is 67.6 Å². The molecule has 0 bridgehead atoms. The summed E-state index contributed by atoms with van der Waals surface area (Å²) in [6.45, 7) is 3.92. The van der Waals surface area contributed by atoms with Crippen molar-refractivity contribution in [3.63, 3.8) is 0 Å². The maximum atomic E-state index is 11.1. The second-order valence-corrected chi connectivity index (χ2v) is 4.64. The van der Waals surface area contributed by atoms with Crippen LogP contribution in [0.2, 0.25) is 0 Å². The fraction of sp³-hybridized carbons (Fsp3) is 0.429. The molecule has 100 valence electrons. The van der Waals surface area contributed by atoms with Gasteiger partial charge >= 0.3 is 6.09 Å². The highest BCUT2D eigenvalue weighted by Gasteiger charge is 2.28. The van der Waals surface area contributed by atoms with Crippen molar-refractivity contribution >= 4 is 11.8 Å². The standard InChI is InChI=1S/C14H17N3O2/c1-2-12-10-16(7-8-17(12)14(18)19)13-5-3-11(9-15)4-6-13/h3-6,12H,2,7-8,10H2,1H3,(H,18,19). The number of hydrogen-bond acceptors (Lipinski definition) is 3. The lowest BCUT2D eigenvalue weighted by Crippen LogP contribution is -2.54. The molecule has 1 unspecified atom stereocenters. The third kappa shape index (κ3) is 2.79. The summed E-state index contributed by atoms with van der Waals surface area (Å²) in [7, 11) is 0. The summed E-state index contributed by atoms with van der Waals surface area (Å²) < 4.78 is 0. The molecule has 0 radical (unpaired) electrons. The molecule has 1 saturated heterocycles. The SMILES string of the molecule is CCC1CN(c2ccc(C#N)cc2)CCN1C(=O)O. The van der Waals surface area contributed by atoms with Gasteiger partial charge in [-0.2, -0.15) is 5.26 Å². The van der Waals surface area contributed by atoms with Crippen LogP contribution in [0.1, 0.15) is 18.9 Å². The summed E-state index contributed by atoms with van der Waals surface area (Å²) >= 11 is 0. The van der Waals surface area contributed by atoms with Crippen LogP contribution < -0.4 is 4.90 Å². The number of carboxylic acid groups (broad SMARTS) is 1. The first-order valence-corrected chi connectivity index (χ1v) is 6.40. The summed E-state index contributed by atoms with van der Waals surface area (Å²) in [6.07, 6.45) is -0.0367. The van der Waals surface area contributed by atoms with Crippen LogP contribution in [0, 0.1) is 11.3 Å². The zero-order valence-electron chi connectivity index (χ0n) is 10.9. The molecule has 1 atom stereocenters. The molecule has 0 spiro atoms. The minimum atomic E-state index is -0.841. The van der Waals surface area contributed by atoms with E-state index in [1.807, 2.05) is 19.1 Å². The van der Waals surface area contributed by atoms with Crippen LogP contribution in [-0.2, 0) is 0 Å². The number of amides is 1. The van der Waals surface area contributed by atoms with E-state index >= 15 is 0 Å². The molecule has 1 aliphatic rings. The molecule has 1 aromatic carbocycles. The fourth-order valence-electron chi connectivity index (χ4n) is 2.44. The van der Waals surface area contributed by atoms with Gasteiger partial charge in [0.05, 0.1) is 17.7 Å². The predicted octanol–water partition coefficient (Wildman–Crippen LogP) is 2.14. The second kappa shape index (κ2) is 5.61. The number of hydrogen-bond donors (Lipinski definition) is 1. The molecule has 1 fully saturated rings. The van der Waals surface area contributed by atoms with Gasteiger partial charge in [0, 0.05) is 25.3 Å². The normalized spacial score (nSPS) is 19.1. The molecule has 5 nitrogen and oxygen atoms in total. The lowest BCUT2D eigenvalue weighted by atomic mass is 10.1. The van der Waals surface area contributed by atoms with Crippen LogP contribution in [0.5, 0.6) is 0 Å². The molecule has 0 aromatic heterocycles. The molecule has 1 aromatic rings. The molecule has 1 amide bonds. The van der Waals surface area contributed by atoms with Crippen molar-refractivity contribution in [3.05, 3.63) is 29.8 Å². The Morgan fingerprint density at radius 1 is 1.42 bits per heavy atom. The Morgan fingerprint density at radius 2 is 2.11 bits per heavy atom. The average Bonchev–Trinajstić information content (AvgIpc) is 2.46. The fourth-order valence-corrected chi connectivity index (χ4v) is 2.44. The first-order valence-electron chi connectivity index (χ1n) is 6.40. The Morgan fingerprint density at radius 3 is 2.63 bits per heavy atom. The van der Waals surface area contributed by atoms with Crippen molar-refractivity contribution in [1.82, 2.24) is 4.90 Å². The lowest BCUT2D eigenvalue weighted by molar-refractivity contribution is 0.116. The van der Waals surface area contributed by atoms with Gasteiger partial charge in [0.25, 0.3) is 0 Å². The van der Waals surface area contributed by atoms with Crippen molar-refractivity contribution in [2.45, 2.75) is 19.4 Å². The Kier molecular flexibility index (Phi) is 3.91. The van der Waals surface area contributed by atoms with Crippen LogP contribution in [-0.4, -0.2) is 41.8 Å². The molecule has 0 aliphatic carbocycles. The van der Waals surface area contributed by atoms with Crippen LogP contribution >= 0.6 is 0 Å². The van der Waals surface area contributed by atoms with Crippen LogP contribution in [0.3, 0.4) is 0 Å². The highest BCUT2D eigenvalue weighted by Crippen LogP contribution is 2.21. The first kappa shape index (κ1) is 13.2. The van der Waals surface area contributed by atoms with E-state index in [2.05, 4.69) is 11.0 Å². The van der Waals surface area contributed by atoms with Crippen molar-refractivity contribution in [1.29, 1.82) is 5.26 Å². The smallest absolute Gasteiger partial charge is 0.407 e. The van der Waals surface area contributed by atoms with Crippen molar-refractivity contribution in [3.8, 4) is 6.07 Å². The molecule has 5 heteroatoms. The molecular weight excluding hydrogens is 242 g/mol. The van der Waals surface area contributed by atoms with Crippen molar-refractivity contribution in [2.75, 3.05) is 24.5 Å². The summed E-state index contributed by atoms with van der Waals surface area (Å²) in [4.78, 5) is 14.8. The highest BCUT2D eigenvalue weighted by atomic mass is 16.4. The van der Waals surface area contributed by atoms with Gasteiger partial charge in [-0.15, -0.1) is 0 Å². The minimum Gasteiger partial charge on any atom is -0.465 e. The van der Waals surface area contributed by atoms with Gasteiger partial charge in [0.2, 0.25) is 0 Å². The molecule has 2 rings (SSSR count). The molecular formula is C14H17N3O2. The van der Waals surface area contributed by atoms with Gasteiger partial charge in [-0.05, 0) is 30.7 Å². The monoisotopic (exact) mass is 259 g/mol. The van der Waals surface area contributed by atoms with Crippen LogP contribution in [0.25, 0.3) is 0 Å². The van der Waals surface area contributed by atoms with E-state index in [-0.39, 0.29) is 6.04 Å².